The van der Waals surface area contributed by atoms with Crippen molar-refractivity contribution in [1.29, 1.82) is 0 Å². The van der Waals surface area contributed by atoms with E-state index < -0.39 is 0 Å². The number of ether oxygens (including phenoxy) is 1. The third kappa shape index (κ3) is 5.52. The van der Waals surface area contributed by atoms with E-state index in [0.29, 0.717) is 12.5 Å². The fraction of sp³-hybridized carbons (Fsp3) is 0.650. The second kappa shape index (κ2) is 8.52. The SMILES string of the molecule is CCCC1CC(NC(=O)OCc2ccccc2)CN(CC2CC2)C1. The molecule has 1 aliphatic heterocycles. The van der Waals surface area contributed by atoms with Crippen LogP contribution in [0.2, 0.25) is 0 Å². The average Bonchev–Trinajstić information content (AvgIpc) is 3.38. The maximum atomic E-state index is 12.1. The molecule has 2 atom stereocenters. The summed E-state index contributed by atoms with van der Waals surface area (Å²) in [5, 5.41) is 3.10. The molecule has 132 valence electrons. The highest BCUT2D eigenvalue weighted by Crippen LogP contribution is 2.32. The fourth-order valence-electron chi connectivity index (χ4n) is 3.77. The van der Waals surface area contributed by atoms with Gasteiger partial charge in [0, 0.05) is 25.7 Å². The van der Waals surface area contributed by atoms with E-state index in [1.807, 2.05) is 30.3 Å². The minimum absolute atomic E-state index is 0.220. The van der Waals surface area contributed by atoms with Crippen LogP contribution in [0.4, 0.5) is 4.79 Å². The van der Waals surface area contributed by atoms with E-state index >= 15 is 0 Å². The lowest BCUT2D eigenvalue weighted by Crippen LogP contribution is -2.51. The van der Waals surface area contributed by atoms with Gasteiger partial charge in [0.25, 0.3) is 0 Å². The lowest BCUT2D eigenvalue weighted by atomic mass is 9.90. The smallest absolute Gasteiger partial charge is 0.407 e. The van der Waals surface area contributed by atoms with Crippen molar-refractivity contribution in [2.24, 2.45) is 11.8 Å². The molecule has 1 amide bonds. The Morgan fingerprint density at radius 3 is 2.71 bits per heavy atom. The molecule has 4 heteroatoms. The number of alkyl carbamates (subject to hydrolysis) is 1. The van der Waals surface area contributed by atoms with Crippen LogP contribution in [0.15, 0.2) is 30.3 Å². The van der Waals surface area contributed by atoms with Crippen LogP contribution < -0.4 is 5.32 Å². The summed E-state index contributed by atoms with van der Waals surface area (Å²) < 4.78 is 5.39. The minimum atomic E-state index is -0.285. The molecule has 2 fully saturated rings. The number of likely N-dealkylation sites (tertiary alicyclic amines) is 1. The molecule has 2 aliphatic rings. The van der Waals surface area contributed by atoms with Crippen molar-refractivity contribution in [2.45, 2.75) is 51.7 Å². The summed E-state index contributed by atoms with van der Waals surface area (Å²) in [7, 11) is 0. The summed E-state index contributed by atoms with van der Waals surface area (Å²) in [6, 6.07) is 10.1. The van der Waals surface area contributed by atoms with Crippen molar-refractivity contribution in [2.75, 3.05) is 19.6 Å². The maximum absolute atomic E-state index is 12.1. The molecule has 1 aromatic carbocycles. The van der Waals surface area contributed by atoms with Crippen molar-refractivity contribution in [3.05, 3.63) is 35.9 Å². The van der Waals surface area contributed by atoms with E-state index in [9.17, 15) is 4.79 Å². The molecule has 24 heavy (non-hydrogen) atoms. The number of nitrogens with zero attached hydrogens (tertiary/aromatic N) is 1. The van der Waals surface area contributed by atoms with E-state index in [1.54, 1.807) is 0 Å². The molecule has 4 nitrogen and oxygen atoms in total. The highest BCUT2D eigenvalue weighted by Gasteiger charge is 2.31. The third-order valence-electron chi connectivity index (χ3n) is 5.06. The van der Waals surface area contributed by atoms with Crippen LogP contribution in [0.1, 0.15) is 44.6 Å². The van der Waals surface area contributed by atoms with Gasteiger partial charge in [0.05, 0.1) is 0 Å². The second-order valence-electron chi connectivity index (χ2n) is 7.46. The summed E-state index contributed by atoms with van der Waals surface area (Å²) in [5.41, 5.74) is 1.02. The number of piperidine rings is 1. The first-order valence-electron chi connectivity index (χ1n) is 9.42. The largest absolute Gasteiger partial charge is 0.445 e. The molecule has 0 bridgehead atoms. The predicted molar refractivity (Wildman–Crippen MR) is 95.7 cm³/mol. The number of carbonyl (C=O) groups excluding carboxylic acids is 1. The van der Waals surface area contributed by atoms with Crippen molar-refractivity contribution in [1.82, 2.24) is 10.2 Å². The molecule has 1 saturated heterocycles. The molecule has 1 heterocycles. The normalized spacial score (nSPS) is 24.5. The van der Waals surface area contributed by atoms with Gasteiger partial charge in [-0.2, -0.15) is 0 Å². The molecule has 1 N–H and O–H groups in total. The minimum Gasteiger partial charge on any atom is -0.445 e. The Bertz CT molecular complexity index is 516. The van der Waals surface area contributed by atoms with Crippen LogP contribution in [-0.2, 0) is 11.3 Å². The van der Waals surface area contributed by atoms with Crippen LogP contribution in [-0.4, -0.2) is 36.7 Å². The van der Waals surface area contributed by atoms with Gasteiger partial charge in [0.15, 0.2) is 0 Å². The Hall–Kier alpha value is -1.55. The number of amides is 1. The summed E-state index contributed by atoms with van der Waals surface area (Å²) >= 11 is 0. The van der Waals surface area contributed by atoms with E-state index in [0.717, 1.165) is 24.4 Å². The van der Waals surface area contributed by atoms with Crippen LogP contribution >= 0.6 is 0 Å². The van der Waals surface area contributed by atoms with E-state index in [-0.39, 0.29) is 12.1 Å². The van der Waals surface area contributed by atoms with Crippen LogP contribution in [0.5, 0.6) is 0 Å². The molecule has 0 aromatic heterocycles. The first-order valence-corrected chi connectivity index (χ1v) is 9.42. The zero-order valence-electron chi connectivity index (χ0n) is 14.7. The van der Waals surface area contributed by atoms with Crippen molar-refractivity contribution >= 4 is 6.09 Å². The molecular weight excluding hydrogens is 300 g/mol. The maximum Gasteiger partial charge on any atom is 0.407 e. The van der Waals surface area contributed by atoms with Gasteiger partial charge in [-0.05, 0) is 43.1 Å². The lowest BCUT2D eigenvalue weighted by Gasteiger charge is -2.38. The number of benzene rings is 1. The van der Waals surface area contributed by atoms with Gasteiger partial charge in [-0.1, -0.05) is 43.7 Å². The topological polar surface area (TPSA) is 41.6 Å². The number of hydrogen-bond donors (Lipinski definition) is 1. The molecule has 3 rings (SSSR count). The molecule has 1 aliphatic carbocycles. The third-order valence-corrected chi connectivity index (χ3v) is 5.06. The molecule has 0 spiro atoms. The van der Waals surface area contributed by atoms with Gasteiger partial charge in [-0.3, -0.25) is 0 Å². The lowest BCUT2D eigenvalue weighted by molar-refractivity contribution is 0.106. The number of hydrogen-bond acceptors (Lipinski definition) is 3. The van der Waals surface area contributed by atoms with Crippen LogP contribution in [0.25, 0.3) is 0 Å². The monoisotopic (exact) mass is 330 g/mol. The Balaban J connectivity index is 1.47. The van der Waals surface area contributed by atoms with E-state index in [4.69, 9.17) is 4.74 Å². The first-order chi connectivity index (χ1) is 11.7. The second-order valence-corrected chi connectivity index (χ2v) is 7.46. The van der Waals surface area contributed by atoms with E-state index in [1.165, 1.54) is 38.8 Å². The van der Waals surface area contributed by atoms with Gasteiger partial charge in [-0.25, -0.2) is 4.79 Å². The highest BCUT2D eigenvalue weighted by molar-refractivity contribution is 5.67. The molecular formula is C20H30N2O2. The van der Waals surface area contributed by atoms with Crippen molar-refractivity contribution in [3.8, 4) is 0 Å². The van der Waals surface area contributed by atoms with Gasteiger partial charge in [-0.15, -0.1) is 0 Å². The number of rotatable bonds is 7. The molecule has 1 saturated carbocycles. The Kier molecular flexibility index (Phi) is 6.13. The molecule has 0 radical (unpaired) electrons. The van der Waals surface area contributed by atoms with Crippen LogP contribution in [0, 0.1) is 11.8 Å². The van der Waals surface area contributed by atoms with Gasteiger partial charge < -0.3 is 15.0 Å². The Labute approximate surface area is 145 Å². The Morgan fingerprint density at radius 1 is 1.21 bits per heavy atom. The zero-order valence-corrected chi connectivity index (χ0v) is 14.7. The fourth-order valence-corrected chi connectivity index (χ4v) is 3.77. The number of nitrogens with one attached hydrogen (secondary N) is 1. The van der Waals surface area contributed by atoms with Crippen molar-refractivity contribution < 1.29 is 9.53 Å². The van der Waals surface area contributed by atoms with Gasteiger partial charge in [0.2, 0.25) is 0 Å². The average molecular weight is 330 g/mol. The summed E-state index contributed by atoms with van der Waals surface area (Å²) in [5.74, 6) is 1.60. The van der Waals surface area contributed by atoms with Gasteiger partial charge >= 0.3 is 6.09 Å². The summed E-state index contributed by atoms with van der Waals surface area (Å²) in [4.78, 5) is 14.7. The summed E-state index contributed by atoms with van der Waals surface area (Å²) in [6.45, 7) is 5.95. The quantitative estimate of drug-likeness (QED) is 0.826. The Morgan fingerprint density at radius 2 is 2.00 bits per heavy atom. The predicted octanol–water partition coefficient (Wildman–Crippen LogP) is 3.81. The first kappa shape index (κ1) is 17.3. The zero-order chi connectivity index (χ0) is 16.8. The van der Waals surface area contributed by atoms with E-state index in [2.05, 4.69) is 17.1 Å². The van der Waals surface area contributed by atoms with Gasteiger partial charge in [0.1, 0.15) is 6.61 Å². The number of carbonyl (C=O) groups is 1. The molecule has 1 aromatic rings. The van der Waals surface area contributed by atoms with Crippen molar-refractivity contribution in [3.63, 3.8) is 0 Å². The molecule has 2 unspecified atom stereocenters. The summed E-state index contributed by atoms with van der Waals surface area (Å²) in [6.07, 6.45) is 6.02. The standard InChI is InChI=1S/C20H30N2O2/c1-2-6-18-11-19(14-22(13-18)12-16-9-10-16)21-20(23)24-15-17-7-4-3-5-8-17/h3-5,7-8,16,18-19H,2,6,9-15H2,1H3,(H,21,23). The van der Waals surface area contributed by atoms with Crippen LogP contribution in [0.3, 0.4) is 0 Å². The highest BCUT2D eigenvalue weighted by atomic mass is 16.5.